The number of hydrazine groups is 1. The molecule has 3 rings (SSSR count). The Bertz CT molecular complexity index is 711. The van der Waals surface area contributed by atoms with E-state index in [2.05, 4.69) is 16.5 Å². The molecular formula is C15H14FN3S. The molecule has 0 aliphatic heterocycles. The van der Waals surface area contributed by atoms with Gasteiger partial charge in [0.2, 0.25) is 0 Å². The molecule has 2 heterocycles. The Morgan fingerprint density at radius 1 is 1.30 bits per heavy atom. The van der Waals surface area contributed by atoms with Crippen molar-refractivity contribution >= 4 is 21.4 Å². The molecule has 0 bridgehead atoms. The normalized spacial score (nSPS) is 12.7. The molecule has 1 unspecified atom stereocenters. The lowest BCUT2D eigenvalue weighted by atomic mass is 10.1. The molecule has 0 spiro atoms. The molecule has 5 heteroatoms. The lowest BCUT2D eigenvalue weighted by molar-refractivity contribution is 0.560. The number of benzene rings is 1. The second-order valence-corrected chi connectivity index (χ2v) is 5.73. The first-order valence-electron chi connectivity index (χ1n) is 6.30. The third kappa shape index (κ3) is 2.70. The topological polar surface area (TPSA) is 50.9 Å². The largest absolute Gasteiger partial charge is 0.271 e. The van der Waals surface area contributed by atoms with Crippen LogP contribution in [0.25, 0.3) is 10.1 Å². The summed E-state index contributed by atoms with van der Waals surface area (Å²) in [5.41, 5.74) is 3.94. The maximum Gasteiger partial charge on any atom is 0.124 e. The van der Waals surface area contributed by atoms with E-state index in [1.165, 1.54) is 6.07 Å². The van der Waals surface area contributed by atoms with Gasteiger partial charge in [-0.3, -0.25) is 16.3 Å². The van der Waals surface area contributed by atoms with E-state index < -0.39 is 0 Å². The third-order valence-corrected chi connectivity index (χ3v) is 4.42. The number of nitrogens with one attached hydrogen (secondary N) is 1. The van der Waals surface area contributed by atoms with E-state index >= 15 is 0 Å². The van der Waals surface area contributed by atoms with Crippen LogP contribution >= 0.6 is 11.3 Å². The first-order chi connectivity index (χ1) is 9.76. The van der Waals surface area contributed by atoms with Crippen molar-refractivity contribution in [2.45, 2.75) is 12.5 Å². The average Bonchev–Trinajstić information content (AvgIpc) is 2.88. The Kier molecular flexibility index (Phi) is 3.73. The van der Waals surface area contributed by atoms with Gasteiger partial charge in [0.1, 0.15) is 5.82 Å². The predicted molar refractivity (Wildman–Crippen MR) is 79.8 cm³/mol. The van der Waals surface area contributed by atoms with Gasteiger partial charge in [-0.1, -0.05) is 12.1 Å². The smallest absolute Gasteiger partial charge is 0.124 e. The quantitative estimate of drug-likeness (QED) is 0.572. The van der Waals surface area contributed by atoms with Crippen molar-refractivity contribution in [1.82, 2.24) is 10.4 Å². The highest BCUT2D eigenvalue weighted by Crippen LogP contribution is 2.31. The van der Waals surface area contributed by atoms with E-state index in [9.17, 15) is 4.39 Å². The minimum atomic E-state index is -0.213. The second-order valence-electron chi connectivity index (χ2n) is 4.62. The molecule has 0 radical (unpaired) electrons. The number of hydrogen-bond donors (Lipinski definition) is 2. The molecule has 1 atom stereocenters. The van der Waals surface area contributed by atoms with Crippen molar-refractivity contribution < 1.29 is 4.39 Å². The SMILES string of the molecule is NNC(Cc1cccnc1)c1cc2ccc(F)cc2s1. The molecule has 0 fully saturated rings. The zero-order chi connectivity index (χ0) is 13.9. The number of halogens is 1. The van der Waals surface area contributed by atoms with Crippen LogP contribution in [-0.2, 0) is 6.42 Å². The van der Waals surface area contributed by atoms with Crippen LogP contribution in [0.2, 0.25) is 0 Å². The van der Waals surface area contributed by atoms with Crippen LogP contribution in [0.3, 0.4) is 0 Å². The number of aromatic nitrogens is 1. The predicted octanol–water partition coefficient (Wildman–Crippen LogP) is 3.18. The molecule has 1 aromatic carbocycles. The molecule has 3 N–H and O–H groups in total. The Morgan fingerprint density at radius 2 is 2.20 bits per heavy atom. The summed E-state index contributed by atoms with van der Waals surface area (Å²) in [6.45, 7) is 0. The van der Waals surface area contributed by atoms with Crippen molar-refractivity contribution in [2.24, 2.45) is 5.84 Å². The highest BCUT2D eigenvalue weighted by Gasteiger charge is 2.14. The Balaban J connectivity index is 1.91. The van der Waals surface area contributed by atoms with E-state index in [0.717, 1.165) is 26.9 Å². The summed E-state index contributed by atoms with van der Waals surface area (Å²) in [7, 11) is 0. The van der Waals surface area contributed by atoms with E-state index in [-0.39, 0.29) is 11.9 Å². The molecule has 0 aliphatic carbocycles. The summed E-state index contributed by atoms with van der Waals surface area (Å²) in [5.74, 6) is 5.45. The summed E-state index contributed by atoms with van der Waals surface area (Å²) in [5, 5.41) is 1.04. The zero-order valence-electron chi connectivity index (χ0n) is 10.7. The molecule has 0 saturated carbocycles. The minimum absolute atomic E-state index is 0.000314. The number of thiophene rings is 1. The molecule has 3 aromatic rings. The molecule has 2 aromatic heterocycles. The number of hydrogen-bond acceptors (Lipinski definition) is 4. The number of nitrogens with zero attached hydrogens (tertiary/aromatic N) is 1. The van der Waals surface area contributed by atoms with Crippen molar-refractivity contribution in [3.8, 4) is 0 Å². The molecule has 0 saturated heterocycles. The van der Waals surface area contributed by atoms with Crippen LogP contribution in [0.15, 0.2) is 48.8 Å². The van der Waals surface area contributed by atoms with Crippen LogP contribution in [0.5, 0.6) is 0 Å². The molecule has 0 aliphatic rings. The Hall–Kier alpha value is -1.82. The lowest BCUT2D eigenvalue weighted by Gasteiger charge is -2.13. The van der Waals surface area contributed by atoms with Gasteiger partial charge < -0.3 is 0 Å². The Morgan fingerprint density at radius 3 is 2.95 bits per heavy atom. The number of fused-ring (bicyclic) bond motifs is 1. The van der Waals surface area contributed by atoms with Gasteiger partial charge in [0.25, 0.3) is 0 Å². The fourth-order valence-electron chi connectivity index (χ4n) is 2.19. The van der Waals surface area contributed by atoms with Crippen LogP contribution in [0.1, 0.15) is 16.5 Å². The van der Waals surface area contributed by atoms with Gasteiger partial charge in [-0.05, 0) is 41.6 Å². The van der Waals surface area contributed by atoms with Gasteiger partial charge in [0, 0.05) is 22.0 Å². The van der Waals surface area contributed by atoms with Crippen molar-refractivity contribution in [3.63, 3.8) is 0 Å². The molecular weight excluding hydrogens is 273 g/mol. The van der Waals surface area contributed by atoms with Gasteiger partial charge in [-0.2, -0.15) is 0 Å². The van der Waals surface area contributed by atoms with E-state index in [0.29, 0.717) is 0 Å². The third-order valence-electron chi connectivity index (χ3n) is 3.21. The average molecular weight is 287 g/mol. The Labute approximate surface area is 120 Å². The van der Waals surface area contributed by atoms with Crippen molar-refractivity contribution in [3.05, 3.63) is 65.0 Å². The van der Waals surface area contributed by atoms with Crippen LogP contribution in [0.4, 0.5) is 4.39 Å². The molecule has 0 amide bonds. The van der Waals surface area contributed by atoms with Crippen LogP contribution in [-0.4, -0.2) is 4.98 Å². The summed E-state index contributed by atoms with van der Waals surface area (Å²) in [6.07, 6.45) is 4.33. The summed E-state index contributed by atoms with van der Waals surface area (Å²) >= 11 is 1.56. The van der Waals surface area contributed by atoms with Gasteiger partial charge in [-0.25, -0.2) is 4.39 Å². The van der Waals surface area contributed by atoms with E-state index in [1.807, 2.05) is 18.3 Å². The molecule has 20 heavy (non-hydrogen) atoms. The fraction of sp³-hybridized carbons (Fsp3) is 0.133. The highest BCUT2D eigenvalue weighted by molar-refractivity contribution is 7.19. The summed E-state index contributed by atoms with van der Waals surface area (Å²) in [6, 6.07) is 10.8. The molecule has 3 nitrogen and oxygen atoms in total. The maximum absolute atomic E-state index is 13.2. The van der Waals surface area contributed by atoms with Gasteiger partial charge in [-0.15, -0.1) is 11.3 Å². The van der Waals surface area contributed by atoms with Gasteiger partial charge >= 0.3 is 0 Å². The monoisotopic (exact) mass is 287 g/mol. The van der Waals surface area contributed by atoms with E-state index in [1.54, 1.807) is 29.7 Å². The second kappa shape index (κ2) is 5.66. The maximum atomic E-state index is 13.2. The number of nitrogens with two attached hydrogens (primary N) is 1. The first kappa shape index (κ1) is 13.2. The van der Waals surface area contributed by atoms with Crippen LogP contribution < -0.4 is 11.3 Å². The van der Waals surface area contributed by atoms with Crippen LogP contribution in [0, 0.1) is 5.82 Å². The summed E-state index contributed by atoms with van der Waals surface area (Å²) in [4.78, 5) is 5.20. The minimum Gasteiger partial charge on any atom is -0.271 e. The van der Waals surface area contributed by atoms with E-state index in [4.69, 9.17) is 5.84 Å². The number of rotatable bonds is 4. The zero-order valence-corrected chi connectivity index (χ0v) is 11.5. The summed E-state index contributed by atoms with van der Waals surface area (Å²) < 4.78 is 14.2. The highest BCUT2D eigenvalue weighted by atomic mass is 32.1. The van der Waals surface area contributed by atoms with Crippen molar-refractivity contribution in [2.75, 3.05) is 0 Å². The first-order valence-corrected chi connectivity index (χ1v) is 7.12. The van der Waals surface area contributed by atoms with Gasteiger partial charge in [0.05, 0.1) is 6.04 Å². The lowest BCUT2D eigenvalue weighted by Crippen LogP contribution is -2.28. The van der Waals surface area contributed by atoms with Gasteiger partial charge in [0.15, 0.2) is 0 Å². The van der Waals surface area contributed by atoms with Crippen molar-refractivity contribution in [1.29, 1.82) is 0 Å². The number of pyridine rings is 1. The molecule has 102 valence electrons. The standard InChI is InChI=1S/C15H14FN3S/c16-12-4-3-11-7-15(20-14(11)8-12)13(19-17)6-10-2-1-5-18-9-10/h1-5,7-9,13,19H,6,17H2. The fourth-order valence-corrected chi connectivity index (χ4v) is 3.34.